The van der Waals surface area contributed by atoms with Crippen LogP contribution in [0.5, 0.6) is 11.5 Å². The van der Waals surface area contributed by atoms with Crippen LogP contribution >= 0.6 is 23.2 Å². The molecular weight excluding hydrogens is 417 g/mol. The van der Waals surface area contributed by atoms with Gasteiger partial charge in [0.2, 0.25) is 11.7 Å². The average Bonchev–Trinajstić information content (AvgIpc) is 3.20. The van der Waals surface area contributed by atoms with E-state index in [0.717, 1.165) is 11.3 Å². The van der Waals surface area contributed by atoms with Gasteiger partial charge in [-0.05, 0) is 49.4 Å². The van der Waals surface area contributed by atoms with Gasteiger partial charge in [-0.25, -0.2) is 0 Å². The largest absolute Gasteiger partial charge is 0.497 e. The molecule has 9 heteroatoms. The molecule has 2 aromatic carbocycles. The van der Waals surface area contributed by atoms with Crippen molar-refractivity contribution in [3.05, 3.63) is 58.4 Å². The minimum atomic E-state index is -0.234. The topological polar surface area (TPSA) is 77.7 Å². The summed E-state index contributed by atoms with van der Waals surface area (Å²) in [5.41, 5.74) is 0.788. The smallest absolute Gasteiger partial charge is 0.260 e. The van der Waals surface area contributed by atoms with Crippen molar-refractivity contribution in [2.45, 2.75) is 13.5 Å². The molecule has 0 saturated carbocycles. The van der Waals surface area contributed by atoms with Crippen molar-refractivity contribution in [2.24, 2.45) is 0 Å². The number of methoxy groups -OCH3 is 1. The van der Waals surface area contributed by atoms with E-state index in [2.05, 4.69) is 10.1 Å². The fraction of sp³-hybridized carbons (Fsp3) is 0.250. The third-order valence-corrected chi connectivity index (χ3v) is 4.65. The van der Waals surface area contributed by atoms with Crippen LogP contribution in [-0.2, 0) is 11.3 Å². The Hall–Kier alpha value is -2.77. The summed E-state index contributed by atoms with van der Waals surface area (Å²) in [5.74, 6) is 1.66. The van der Waals surface area contributed by atoms with Gasteiger partial charge in [0.1, 0.15) is 18.0 Å². The molecule has 3 rings (SSSR count). The number of likely N-dealkylation sites (N-methyl/N-ethyl adjacent to an activating group) is 1. The molecule has 0 fully saturated rings. The monoisotopic (exact) mass is 435 g/mol. The summed E-state index contributed by atoms with van der Waals surface area (Å²) in [6, 6.07) is 12.1. The number of halogens is 2. The molecule has 0 spiro atoms. The number of benzene rings is 2. The number of ether oxygens (including phenoxy) is 2. The Morgan fingerprint density at radius 1 is 1.17 bits per heavy atom. The average molecular weight is 436 g/mol. The van der Waals surface area contributed by atoms with Crippen LogP contribution in [0.1, 0.15) is 12.8 Å². The molecule has 152 valence electrons. The second-order valence-electron chi connectivity index (χ2n) is 6.01. The van der Waals surface area contributed by atoms with Crippen LogP contribution < -0.4 is 9.47 Å². The summed E-state index contributed by atoms with van der Waals surface area (Å²) in [5, 5.41) is 4.81. The van der Waals surface area contributed by atoms with Gasteiger partial charge in [-0.3, -0.25) is 4.79 Å². The summed E-state index contributed by atoms with van der Waals surface area (Å²) in [7, 11) is 1.60. The van der Waals surface area contributed by atoms with E-state index in [1.54, 1.807) is 30.2 Å². The summed E-state index contributed by atoms with van der Waals surface area (Å²) in [4.78, 5) is 18.4. The lowest BCUT2D eigenvalue weighted by Crippen LogP contribution is -2.34. The molecule has 1 heterocycles. The first-order chi connectivity index (χ1) is 14.0. The van der Waals surface area contributed by atoms with Gasteiger partial charge in [0.05, 0.1) is 12.1 Å². The first kappa shape index (κ1) is 21.0. The number of hydrogen-bond donors (Lipinski definition) is 0. The number of aromatic nitrogens is 2. The lowest BCUT2D eigenvalue weighted by atomic mass is 10.2. The number of rotatable bonds is 8. The van der Waals surface area contributed by atoms with Crippen molar-refractivity contribution in [1.29, 1.82) is 0 Å². The molecule has 0 N–H and O–H groups in total. The Balaban J connectivity index is 1.61. The summed E-state index contributed by atoms with van der Waals surface area (Å²) < 4.78 is 15.9. The van der Waals surface area contributed by atoms with E-state index in [1.165, 1.54) is 0 Å². The van der Waals surface area contributed by atoms with Crippen molar-refractivity contribution < 1.29 is 18.8 Å². The van der Waals surface area contributed by atoms with E-state index >= 15 is 0 Å². The van der Waals surface area contributed by atoms with E-state index in [1.807, 2.05) is 31.2 Å². The SMILES string of the molecule is CCN(Cc1nc(-c2ccc(OC)cc2)no1)C(=O)COc1ccc(Cl)cc1Cl. The summed E-state index contributed by atoms with van der Waals surface area (Å²) in [6.45, 7) is 2.32. The molecule has 0 aliphatic rings. The van der Waals surface area contributed by atoms with Crippen LogP contribution in [-0.4, -0.2) is 41.2 Å². The van der Waals surface area contributed by atoms with E-state index in [4.69, 9.17) is 37.2 Å². The fourth-order valence-corrected chi connectivity index (χ4v) is 3.00. The highest BCUT2D eigenvalue weighted by Crippen LogP contribution is 2.27. The molecule has 0 aliphatic heterocycles. The van der Waals surface area contributed by atoms with E-state index in [-0.39, 0.29) is 19.1 Å². The fourth-order valence-electron chi connectivity index (χ4n) is 2.54. The van der Waals surface area contributed by atoms with Gasteiger partial charge in [0.25, 0.3) is 5.91 Å². The van der Waals surface area contributed by atoms with Crippen molar-refractivity contribution in [3.63, 3.8) is 0 Å². The number of carbonyl (C=O) groups is 1. The standard InChI is InChI=1S/C20H19Cl2N3O4/c1-3-25(19(26)12-28-17-9-6-14(21)10-16(17)22)11-18-23-20(24-29-18)13-4-7-15(27-2)8-5-13/h4-10H,3,11-12H2,1-2H3. The summed E-state index contributed by atoms with van der Waals surface area (Å²) in [6.07, 6.45) is 0. The predicted octanol–water partition coefficient (Wildman–Crippen LogP) is 4.48. The van der Waals surface area contributed by atoms with Crippen LogP contribution in [0.3, 0.4) is 0 Å². The number of hydrogen-bond acceptors (Lipinski definition) is 6. The minimum Gasteiger partial charge on any atom is -0.497 e. The van der Waals surface area contributed by atoms with Crippen LogP contribution in [0.15, 0.2) is 47.0 Å². The number of carbonyl (C=O) groups excluding carboxylic acids is 1. The molecular formula is C20H19Cl2N3O4. The third kappa shape index (κ3) is 5.40. The first-order valence-electron chi connectivity index (χ1n) is 8.82. The minimum absolute atomic E-state index is 0.172. The number of amides is 1. The van der Waals surface area contributed by atoms with Gasteiger partial charge in [-0.1, -0.05) is 28.4 Å². The zero-order valence-electron chi connectivity index (χ0n) is 15.9. The molecule has 1 aromatic heterocycles. The highest BCUT2D eigenvalue weighted by Gasteiger charge is 2.18. The molecule has 0 radical (unpaired) electrons. The Kier molecular flexibility index (Phi) is 6.95. The van der Waals surface area contributed by atoms with Crippen LogP contribution in [0.25, 0.3) is 11.4 Å². The maximum Gasteiger partial charge on any atom is 0.260 e. The Morgan fingerprint density at radius 2 is 1.93 bits per heavy atom. The zero-order valence-corrected chi connectivity index (χ0v) is 17.4. The van der Waals surface area contributed by atoms with Gasteiger partial charge < -0.3 is 18.9 Å². The number of nitrogens with zero attached hydrogens (tertiary/aromatic N) is 3. The Labute approximate surface area is 178 Å². The van der Waals surface area contributed by atoms with Crippen molar-refractivity contribution >= 4 is 29.1 Å². The molecule has 7 nitrogen and oxygen atoms in total. The zero-order chi connectivity index (χ0) is 20.8. The molecule has 0 bridgehead atoms. The van der Waals surface area contributed by atoms with Gasteiger partial charge in [0.15, 0.2) is 6.61 Å². The van der Waals surface area contributed by atoms with Crippen molar-refractivity contribution in [3.8, 4) is 22.9 Å². The van der Waals surface area contributed by atoms with Crippen molar-refractivity contribution in [2.75, 3.05) is 20.3 Å². The highest BCUT2D eigenvalue weighted by molar-refractivity contribution is 6.35. The molecule has 0 saturated heterocycles. The molecule has 0 atom stereocenters. The molecule has 0 unspecified atom stereocenters. The molecule has 3 aromatic rings. The maximum atomic E-state index is 12.5. The lowest BCUT2D eigenvalue weighted by Gasteiger charge is -2.19. The van der Waals surface area contributed by atoms with E-state index in [9.17, 15) is 4.79 Å². The molecule has 1 amide bonds. The van der Waals surface area contributed by atoms with E-state index < -0.39 is 0 Å². The Morgan fingerprint density at radius 3 is 2.59 bits per heavy atom. The lowest BCUT2D eigenvalue weighted by molar-refractivity contribution is -0.134. The summed E-state index contributed by atoms with van der Waals surface area (Å²) >= 11 is 11.9. The van der Waals surface area contributed by atoms with Gasteiger partial charge in [-0.15, -0.1) is 0 Å². The van der Waals surface area contributed by atoms with Crippen LogP contribution in [0, 0.1) is 0 Å². The normalized spacial score (nSPS) is 10.6. The second-order valence-corrected chi connectivity index (χ2v) is 6.86. The first-order valence-corrected chi connectivity index (χ1v) is 9.58. The van der Waals surface area contributed by atoms with Gasteiger partial charge in [-0.2, -0.15) is 4.98 Å². The van der Waals surface area contributed by atoms with Gasteiger partial charge >= 0.3 is 0 Å². The van der Waals surface area contributed by atoms with E-state index in [0.29, 0.717) is 34.1 Å². The second kappa shape index (κ2) is 9.62. The highest BCUT2D eigenvalue weighted by atomic mass is 35.5. The maximum absolute atomic E-state index is 12.5. The molecule has 29 heavy (non-hydrogen) atoms. The van der Waals surface area contributed by atoms with Crippen molar-refractivity contribution in [1.82, 2.24) is 15.0 Å². The molecule has 0 aliphatic carbocycles. The van der Waals surface area contributed by atoms with Crippen LogP contribution in [0.2, 0.25) is 10.0 Å². The Bertz CT molecular complexity index is 976. The predicted molar refractivity (Wildman–Crippen MR) is 109 cm³/mol. The van der Waals surface area contributed by atoms with Crippen LogP contribution in [0.4, 0.5) is 0 Å². The quantitative estimate of drug-likeness (QED) is 0.518. The third-order valence-electron chi connectivity index (χ3n) is 4.12. The van der Waals surface area contributed by atoms with Gasteiger partial charge in [0, 0.05) is 17.1 Å².